The fourth-order valence-electron chi connectivity index (χ4n) is 3.35. The van der Waals surface area contributed by atoms with Gasteiger partial charge in [-0.25, -0.2) is 0 Å². The molecule has 1 saturated heterocycles. The van der Waals surface area contributed by atoms with Gasteiger partial charge in [0.1, 0.15) is 6.04 Å². The molecule has 28 heavy (non-hydrogen) atoms. The quantitative estimate of drug-likeness (QED) is 0.675. The molecule has 0 spiro atoms. The van der Waals surface area contributed by atoms with Crippen LogP contribution in [-0.2, 0) is 18.2 Å². The molecule has 0 radical (unpaired) electrons. The molecular formula is C20H23N5O3. The Bertz CT molecular complexity index is 947. The van der Waals surface area contributed by atoms with E-state index in [1.54, 1.807) is 22.0 Å². The summed E-state index contributed by atoms with van der Waals surface area (Å²) in [5, 5.41) is 8.21. The standard InChI is InChI=1S/C20H23N5O3/c1-3-4-14-5-7-15(8-6-14)20(26)25-9-10-27-13-17(25)18-22-19(28-23-18)16-11-21-24(2)12-16/h5-8,11-12,17H,3-4,9-10,13H2,1-2H3/t17-/m0/s1. The lowest BCUT2D eigenvalue weighted by Gasteiger charge is -2.33. The topological polar surface area (TPSA) is 86.3 Å². The van der Waals surface area contributed by atoms with Crippen molar-refractivity contribution >= 4 is 5.91 Å². The van der Waals surface area contributed by atoms with Crippen LogP contribution in [0.1, 0.15) is 41.1 Å². The highest BCUT2D eigenvalue weighted by Crippen LogP contribution is 2.26. The highest BCUT2D eigenvalue weighted by atomic mass is 16.5. The van der Waals surface area contributed by atoms with Crippen LogP contribution in [-0.4, -0.2) is 50.5 Å². The van der Waals surface area contributed by atoms with Crippen molar-refractivity contribution in [1.29, 1.82) is 0 Å². The van der Waals surface area contributed by atoms with Crippen LogP contribution in [0.4, 0.5) is 0 Å². The first-order valence-electron chi connectivity index (χ1n) is 9.46. The normalized spacial score (nSPS) is 17.1. The number of aromatic nitrogens is 4. The summed E-state index contributed by atoms with van der Waals surface area (Å²) in [5.41, 5.74) is 2.63. The first kappa shape index (κ1) is 18.4. The van der Waals surface area contributed by atoms with Crippen LogP contribution in [0.25, 0.3) is 11.5 Å². The van der Waals surface area contributed by atoms with E-state index in [1.165, 1.54) is 5.56 Å². The molecule has 146 valence electrons. The summed E-state index contributed by atoms with van der Waals surface area (Å²) < 4.78 is 12.6. The van der Waals surface area contributed by atoms with Gasteiger partial charge in [0.2, 0.25) is 0 Å². The molecule has 1 aromatic carbocycles. The van der Waals surface area contributed by atoms with Crippen LogP contribution in [0.2, 0.25) is 0 Å². The number of hydrogen-bond acceptors (Lipinski definition) is 6. The third-order valence-electron chi connectivity index (χ3n) is 4.82. The van der Waals surface area contributed by atoms with E-state index in [0.717, 1.165) is 18.4 Å². The second-order valence-electron chi connectivity index (χ2n) is 6.90. The minimum atomic E-state index is -0.384. The maximum Gasteiger partial charge on any atom is 0.261 e. The molecule has 1 aliphatic heterocycles. The van der Waals surface area contributed by atoms with E-state index >= 15 is 0 Å². The van der Waals surface area contributed by atoms with Gasteiger partial charge in [-0.3, -0.25) is 9.48 Å². The van der Waals surface area contributed by atoms with Crippen LogP contribution in [0.15, 0.2) is 41.2 Å². The molecule has 2 aromatic heterocycles. The lowest BCUT2D eigenvalue weighted by molar-refractivity contribution is -0.00576. The number of carbonyl (C=O) groups is 1. The van der Waals surface area contributed by atoms with Gasteiger partial charge in [0.25, 0.3) is 11.8 Å². The van der Waals surface area contributed by atoms with Crippen molar-refractivity contribution in [3.63, 3.8) is 0 Å². The zero-order valence-electron chi connectivity index (χ0n) is 16.0. The molecule has 1 amide bonds. The summed E-state index contributed by atoms with van der Waals surface area (Å²) in [6.07, 6.45) is 5.55. The van der Waals surface area contributed by atoms with Crippen molar-refractivity contribution in [2.45, 2.75) is 25.8 Å². The van der Waals surface area contributed by atoms with Gasteiger partial charge in [-0.15, -0.1) is 0 Å². The van der Waals surface area contributed by atoms with Crippen LogP contribution < -0.4 is 0 Å². The fourth-order valence-corrected chi connectivity index (χ4v) is 3.35. The van der Waals surface area contributed by atoms with Crippen molar-refractivity contribution in [2.24, 2.45) is 7.05 Å². The van der Waals surface area contributed by atoms with Gasteiger partial charge in [0, 0.05) is 25.4 Å². The number of benzene rings is 1. The van der Waals surface area contributed by atoms with Gasteiger partial charge in [-0.2, -0.15) is 10.1 Å². The zero-order valence-corrected chi connectivity index (χ0v) is 16.0. The maximum atomic E-state index is 13.1. The lowest BCUT2D eigenvalue weighted by atomic mass is 10.1. The molecule has 0 saturated carbocycles. The molecule has 8 heteroatoms. The molecule has 3 heterocycles. The maximum absolute atomic E-state index is 13.1. The summed E-state index contributed by atoms with van der Waals surface area (Å²) >= 11 is 0. The molecule has 0 N–H and O–H groups in total. The number of hydrogen-bond donors (Lipinski definition) is 0. The second kappa shape index (κ2) is 7.93. The number of morpholine rings is 1. The zero-order chi connectivity index (χ0) is 19.5. The average Bonchev–Trinajstić information content (AvgIpc) is 3.37. The smallest absolute Gasteiger partial charge is 0.261 e. The van der Waals surface area contributed by atoms with Gasteiger partial charge >= 0.3 is 0 Å². The average molecular weight is 381 g/mol. The molecule has 0 bridgehead atoms. The van der Waals surface area contributed by atoms with Crippen LogP contribution in [0, 0.1) is 0 Å². The van der Waals surface area contributed by atoms with Crippen molar-refractivity contribution in [3.05, 3.63) is 53.6 Å². The first-order valence-corrected chi connectivity index (χ1v) is 9.46. The molecule has 3 aromatic rings. The first-order chi connectivity index (χ1) is 13.7. The number of amides is 1. The van der Waals surface area contributed by atoms with E-state index in [-0.39, 0.29) is 11.9 Å². The Balaban J connectivity index is 1.56. The molecule has 1 aliphatic rings. The highest BCUT2D eigenvalue weighted by molar-refractivity contribution is 5.94. The van der Waals surface area contributed by atoms with Crippen LogP contribution in [0.3, 0.4) is 0 Å². The minimum absolute atomic E-state index is 0.0518. The van der Waals surface area contributed by atoms with Crippen LogP contribution >= 0.6 is 0 Å². The van der Waals surface area contributed by atoms with Crippen molar-refractivity contribution < 1.29 is 14.1 Å². The lowest BCUT2D eigenvalue weighted by Crippen LogP contribution is -2.43. The summed E-state index contributed by atoms with van der Waals surface area (Å²) in [6.45, 7) is 3.45. The van der Waals surface area contributed by atoms with E-state index in [9.17, 15) is 4.79 Å². The van der Waals surface area contributed by atoms with E-state index in [2.05, 4.69) is 22.2 Å². The molecule has 8 nitrogen and oxygen atoms in total. The van der Waals surface area contributed by atoms with E-state index in [0.29, 0.717) is 37.0 Å². The minimum Gasteiger partial charge on any atom is -0.377 e. The van der Waals surface area contributed by atoms with E-state index < -0.39 is 0 Å². The number of rotatable bonds is 5. The second-order valence-corrected chi connectivity index (χ2v) is 6.90. The summed E-state index contributed by atoms with van der Waals surface area (Å²) in [6, 6.07) is 7.42. The highest BCUT2D eigenvalue weighted by Gasteiger charge is 2.33. The number of aryl methyl sites for hydroxylation is 2. The van der Waals surface area contributed by atoms with Gasteiger partial charge in [-0.05, 0) is 24.1 Å². The fraction of sp³-hybridized carbons (Fsp3) is 0.400. The number of nitrogens with zero attached hydrogens (tertiary/aromatic N) is 5. The van der Waals surface area contributed by atoms with Crippen molar-refractivity contribution in [2.75, 3.05) is 19.8 Å². The molecule has 1 atom stereocenters. The van der Waals surface area contributed by atoms with Gasteiger partial charge in [0.15, 0.2) is 5.82 Å². The Kier molecular flexibility index (Phi) is 5.21. The molecular weight excluding hydrogens is 358 g/mol. The molecule has 0 aliphatic carbocycles. The molecule has 1 fully saturated rings. The predicted molar refractivity (Wildman–Crippen MR) is 102 cm³/mol. The van der Waals surface area contributed by atoms with Gasteiger partial charge in [-0.1, -0.05) is 30.6 Å². The van der Waals surface area contributed by atoms with Crippen molar-refractivity contribution in [3.8, 4) is 11.5 Å². The van der Waals surface area contributed by atoms with E-state index in [1.807, 2.05) is 31.3 Å². The SMILES string of the molecule is CCCc1ccc(C(=O)N2CCOC[C@H]2c2noc(-c3cnn(C)c3)n2)cc1. The van der Waals surface area contributed by atoms with Crippen LogP contribution in [0.5, 0.6) is 0 Å². The Labute approximate surface area is 163 Å². The third kappa shape index (κ3) is 3.68. The molecule has 0 unspecified atom stereocenters. The summed E-state index contributed by atoms with van der Waals surface area (Å²) in [7, 11) is 1.82. The van der Waals surface area contributed by atoms with Gasteiger partial charge < -0.3 is 14.2 Å². The third-order valence-corrected chi connectivity index (χ3v) is 4.82. The number of carbonyl (C=O) groups excluding carboxylic acids is 1. The predicted octanol–water partition coefficient (Wildman–Crippen LogP) is 2.64. The Morgan fingerprint density at radius 3 is 2.82 bits per heavy atom. The monoisotopic (exact) mass is 381 g/mol. The molecule has 4 rings (SSSR count). The Morgan fingerprint density at radius 1 is 1.29 bits per heavy atom. The van der Waals surface area contributed by atoms with Crippen molar-refractivity contribution in [1.82, 2.24) is 24.8 Å². The largest absolute Gasteiger partial charge is 0.377 e. The number of ether oxygens (including phenoxy) is 1. The summed E-state index contributed by atoms with van der Waals surface area (Å²) in [4.78, 5) is 19.3. The van der Waals surface area contributed by atoms with Gasteiger partial charge in [0.05, 0.1) is 25.0 Å². The Hall–Kier alpha value is -3.00. The van der Waals surface area contributed by atoms with E-state index in [4.69, 9.17) is 9.26 Å². The summed E-state index contributed by atoms with van der Waals surface area (Å²) in [5.74, 6) is 0.767. The Morgan fingerprint density at radius 2 is 2.11 bits per heavy atom.